The Kier molecular flexibility index (Phi) is 9.47. The molecule has 0 saturated carbocycles. The largest absolute Gasteiger partial charge is 0.397 e. The average Bonchev–Trinajstić information content (AvgIpc) is 3.27. The van der Waals surface area contributed by atoms with Gasteiger partial charge in [-0.15, -0.1) is 0 Å². The summed E-state index contributed by atoms with van der Waals surface area (Å²) in [5.74, 6) is 13.0. The molecule has 0 bridgehead atoms. The molecular weight excluding hydrogens is 737 g/mol. The lowest BCUT2D eigenvalue weighted by Crippen LogP contribution is -2.30. The molecule has 0 saturated heterocycles. The van der Waals surface area contributed by atoms with Crippen LogP contribution in [0.15, 0.2) is 182 Å². The average molecular weight is 787 g/mol. The van der Waals surface area contributed by atoms with Gasteiger partial charge in [-0.2, -0.15) is 0 Å². The Hall–Kier alpha value is -7.26. The van der Waals surface area contributed by atoms with Crippen LogP contribution in [0.5, 0.6) is 0 Å². The van der Waals surface area contributed by atoms with Crippen molar-refractivity contribution >= 4 is 56.9 Å². The topological polar surface area (TPSA) is 117 Å². The fraction of sp³-hybridized carbons (Fsp3) is 0.115. The van der Waals surface area contributed by atoms with E-state index in [-0.39, 0.29) is 10.8 Å². The first-order chi connectivity index (χ1) is 28.9. The molecule has 0 aromatic heterocycles. The minimum Gasteiger partial charge on any atom is -0.397 e. The third-order valence-corrected chi connectivity index (χ3v) is 12.2. The van der Waals surface area contributed by atoms with Crippen molar-refractivity contribution < 1.29 is 0 Å². The van der Waals surface area contributed by atoms with Crippen LogP contribution in [-0.2, 0) is 10.8 Å². The van der Waals surface area contributed by atoms with Crippen molar-refractivity contribution in [2.24, 2.45) is 23.2 Å². The van der Waals surface area contributed by atoms with Crippen molar-refractivity contribution in [3.05, 3.63) is 216 Å². The van der Waals surface area contributed by atoms with Crippen molar-refractivity contribution in [1.82, 2.24) is 0 Å². The van der Waals surface area contributed by atoms with Gasteiger partial charge in [-0.05, 0) is 106 Å². The number of hydrogen-bond acceptors (Lipinski definition) is 8. The molecule has 0 aliphatic carbocycles. The third kappa shape index (κ3) is 6.52. The predicted octanol–water partition coefficient (Wildman–Crippen LogP) is 11.2. The lowest BCUT2D eigenvalue weighted by Gasteiger charge is -2.42. The molecule has 8 heteroatoms. The van der Waals surface area contributed by atoms with Crippen LogP contribution >= 0.6 is 0 Å². The quantitative estimate of drug-likeness (QED) is 0.0889. The van der Waals surface area contributed by atoms with Crippen LogP contribution in [0.2, 0.25) is 0 Å². The van der Waals surface area contributed by atoms with Crippen LogP contribution in [0.25, 0.3) is 11.4 Å². The Morgan fingerprint density at radius 3 is 0.950 bits per heavy atom. The lowest BCUT2D eigenvalue weighted by atomic mass is 9.73. The standard InChI is InChI=1S/C52H50N8/c1-51(2)41-13-5-9-17-47(41)59(48-18-10-6-14-42(48)51)39-25-21-35(22-26-39)45(53)33-57(55)37-29-31-38(32-30-37)58(56)34-46(54)36-23-27-40(28-24-36)60-49-19-11-7-15-43(49)52(3,4)44-16-8-12-20-50(44)60/h5-34H,53-56H2,1-4H3/b45-33-,46-34-. The molecule has 298 valence electrons. The van der Waals surface area contributed by atoms with Gasteiger partial charge >= 0.3 is 0 Å². The minimum atomic E-state index is -0.117. The normalized spacial score (nSPS) is 15.0. The molecule has 0 atom stereocenters. The molecule has 2 heterocycles. The Labute approximate surface area is 352 Å². The fourth-order valence-electron chi connectivity index (χ4n) is 8.90. The molecule has 60 heavy (non-hydrogen) atoms. The number of nitrogens with two attached hydrogens (primary N) is 4. The number of hydrogen-bond donors (Lipinski definition) is 4. The minimum absolute atomic E-state index is 0.117. The van der Waals surface area contributed by atoms with Gasteiger partial charge < -0.3 is 21.3 Å². The summed E-state index contributed by atoms with van der Waals surface area (Å²) in [6.45, 7) is 9.16. The number of fused-ring (bicyclic) bond motifs is 4. The van der Waals surface area contributed by atoms with Crippen LogP contribution in [0.3, 0.4) is 0 Å². The number of anilines is 8. The highest BCUT2D eigenvalue weighted by Crippen LogP contribution is 2.53. The molecule has 0 radical (unpaired) electrons. The Balaban J connectivity index is 0.888. The van der Waals surface area contributed by atoms with Crippen molar-refractivity contribution in [2.45, 2.75) is 38.5 Å². The third-order valence-electron chi connectivity index (χ3n) is 12.2. The Morgan fingerprint density at radius 2 is 0.667 bits per heavy atom. The van der Waals surface area contributed by atoms with E-state index >= 15 is 0 Å². The zero-order chi connectivity index (χ0) is 41.8. The van der Waals surface area contributed by atoms with Crippen LogP contribution in [0, 0.1) is 0 Å². The molecule has 0 spiro atoms. The maximum Gasteiger partial charge on any atom is 0.0570 e. The van der Waals surface area contributed by atoms with Crippen LogP contribution in [0.4, 0.5) is 45.5 Å². The van der Waals surface area contributed by atoms with Crippen LogP contribution < -0.4 is 43.0 Å². The highest BCUT2D eigenvalue weighted by Gasteiger charge is 2.37. The molecule has 0 unspecified atom stereocenters. The zero-order valence-electron chi connectivity index (χ0n) is 34.4. The number of rotatable bonds is 8. The van der Waals surface area contributed by atoms with Gasteiger partial charge in [0.2, 0.25) is 0 Å². The van der Waals surface area contributed by atoms with Gasteiger partial charge in [0.15, 0.2) is 0 Å². The molecule has 7 aromatic carbocycles. The molecule has 8 nitrogen and oxygen atoms in total. The molecule has 9 rings (SSSR count). The van der Waals surface area contributed by atoms with Crippen molar-refractivity contribution in [3.8, 4) is 0 Å². The first kappa shape index (κ1) is 38.3. The first-order valence-corrected chi connectivity index (χ1v) is 20.2. The van der Waals surface area contributed by atoms with Gasteiger partial charge in [0.05, 0.1) is 45.5 Å². The summed E-state index contributed by atoms with van der Waals surface area (Å²) < 4.78 is 0. The summed E-state index contributed by atoms with van der Waals surface area (Å²) in [6, 6.07) is 58.6. The molecule has 7 aromatic rings. The predicted molar refractivity (Wildman–Crippen MR) is 251 cm³/mol. The van der Waals surface area contributed by atoms with E-state index in [0.717, 1.165) is 33.9 Å². The van der Waals surface area contributed by atoms with Gasteiger partial charge in [0.1, 0.15) is 0 Å². The van der Waals surface area contributed by atoms with Crippen LogP contribution in [-0.4, -0.2) is 0 Å². The van der Waals surface area contributed by atoms with Crippen molar-refractivity contribution in [1.29, 1.82) is 0 Å². The highest BCUT2D eigenvalue weighted by atomic mass is 15.4. The number of para-hydroxylation sites is 4. The molecule has 0 amide bonds. The van der Waals surface area contributed by atoms with Gasteiger partial charge in [0, 0.05) is 34.6 Å². The summed E-state index contributed by atoms with van der Waals surface area (Å²) in [7, 11) is 0. The number of benzene rings is 7. The van der Waals surface area contributed by atoms with E-state index in [1.165, 1.54) is 55.0 Å². The molecule has 2 aliphatic rings. The summed E-state index contributed by atoms with van der Waals surface area (Å²) in [5.41, 5.74) is 29.2. The first-order valence-electron chi connectivity index (χ1n) is 20.2. The van der Waals surface area contributed by atoms with E-state index in [0.29, 0.717) is 11.4 Å². The van der Waals surface area contributed by atoms with E-state index in [9.17, 15) is 0 Å². The number of nitrogens with zero attached hydrogens (tertiary/aromatic N) is 4. The zero-order valence-corrected chi connectivity index (χ0v) is 34.4. The Bertz CT molecular complexity index is 2480. The monoisotopic (exact) mass is 786 g/mol. The Morgan fingerprint density at radius 1 is 0.400 bits per heavy atom. The molecular formula is C52H50N8. The van der Waals surface area contributed by atoms with E-state index in [1.807, 2.05) is 48.5 Å². The second kappa shape index (κ2) is 14.8. The van der Waals surface area contributed by atoms with Gasteiger partial charge in [-0.25, -0.2) is 11.7 Å². The van der Waals surface area contributed by atoms with E-state index < -0.39 is 0 Å². The molecule has 2 aliphatic heterocycles. The van der Waals surface area contributed by atoms with E-state index in [2.05, 4.69) is 159 Å². The fourth-order valence-corrected chi connectivity index (χ4v) is 8.90. The lowest BCUT2D eigenvalue weighted by molar-refractivity contribution is 0.632. The number of hydrazine groups is 2. The van der Waals surface area contributed by atoms with E-state index in [1.54, 1.807) is 12.4 Å². The summed E-state index contributed by atoms with van der Waals surface area (Å²) in [6.07, 6.45) is 3.45. The second-order valence-electron chi connectivity index (χ2n) is 16.6. The summed E-state index contributed by atoms with van der Waals surface area (Å²) in [5, 5.41) is 3.03. The van der Waals surface area contributed by atoms with Gasteiger partial charge in [0.25, 0.3) is 0 Å². The maximum absolute atomic E-state index is 6.62. The summed E-state index contributed by atoms with van der Waals surface area (Å²) >= 11 is 0. The van der Waals surface area contributed by atoms with E-state index in [4.69, 9.17) is 23.2 Å². The van der Waals surface area contributed by atoms with Gasteiger partial charge in [-0.3, -0.25) is 10.0 Å². The summed E-state index contributed by atoms with van der Waals surface area (Å²) in [4.78, 5) is 4.65. The highest BCUT2D eigenvalue weighted by molar-refractivity contribution is 5.88. The van der Waals surface area contributed by atoms with Crippen molar-refractivity contribution in [3.63, 3.8) is 0 Å². The maximum atomic E-state index is 6.62. The SMILES string of the molecule is CC1(C)c2ccccc2N(c2ccc(/C(N)=C/N(N)c3ccc(N(N)/C=C(\N)c4ccc(N5c6ccccc6C(C)(C)c6ccccc65)cc4)cc3)cc2)c2ccccc21. The smallest absolute Gasteiger partial charge is 0.0570 e. The van der Waals surface area contributed by atoms with Crippen molar-refractivity contribution in [2.75, 3.05) is 19.8 Å². The van der Waals surface area contributed by atoms with Gasteiger partial charge in [-0.1, -0.05) is 125 Å². The molecule has 0 fully saturated rings. The molecule has 8 N–H and O–H groups in total. The van der Waals surface area contributed by atoms with Crippen LogP contribution in [0.1, 0.15) is 61.1 Å². The second-order valence-corrected chi connectivity index (χ2v) is 16.6.